The summed E-state index contributed by atoms with van der Waals surface area (Å²) in [4.78, 5) is 28.0. The van der Waals surface area contributed by atoms with Crippen LogP contribution in [0.15, 0.2) is 63.9 Å². The Balaban J connectivity index is 1.88. The highest BCUT2D eigenvalue weighted by Gasteiger charge is 2.11. The Morgan fingerprint density at radius 2 is 1.64 bits per heavy atom. The molecule has 4 aromatic rings. The van der Waals surface area contributed by atoms with Gasteiger partial charge in [0, 0.05) is 10.0 Å². The van der Waals surface area contributed by atoms with Crippen LogP contribution in [0.25, 0.3) is 33.7 Å². The molecule has 0 bridgehead atoms. The number of H-pyrrole nitrogens is 1. The minimum Gasteiger partial charge on any atom is -0.368 e. The number of aromatic amines is 1. The van der Waals surface area contributed by atoms with E-state index in [1.54, 1.807) is 24.3 Å². The first-order valence-corrected chi connectivity index (χ1v) is 8.29. The molecule has 0 radical (unpaired) electrons. The molecule has 0 amide bonds. The molecular weight excluding hydrogens is 382 g/mol. The molecule has 4 rings (SSSR count). The van der Waals surface area contributed by atoms with E-state index in [-0.39, 0.29) is 11.5 Å². The summed E-state index contributed by atoms with van der Waals surface area (Å²) in [5, 5.41) is 0.529. The van der Waals surface area contributed by atoms with Gasteiger partial charge < -0.3 is 10.7 Å². The van der Waals surface area contributed by atoms with Crippen molar-refractivity contribution in [1.82, 2.24) is 19.9 Å². The number of fused-ring (bicyclic) bond motifs is 1. The van der Waals surface area contributed by atoms with E-state index in [9.17, 15) is 4.79 Å². The number of para-hydroxylation sites is 1. The minimum atomic E-state index is -0.219. The molecule has 0 saturated carbocycles. The van der Waals surface area contributed by atoms with Crippen LogP contribution < -0.4 is 11.3 Å². The van der Waals surface area contributed by atoms with E-state index >= 15 is 0 Å². The third-order valence-electron chi connectivity index (χ3n) is 3.74. The van der Waals surface area contributed by atoms with Crippen LogP contribution in [-0.2, 0) is 0 Å². The largest absolute Gasteiger partial charge is 0.368 e. The molecule has 2 aromatic carbocycles. The Bertz CT molecular complexity index is 1140. The maximum absolute atomic E-state index is 12.3. The van der Waals surface area contributed by atoms with Crippen molar-refractivity contribution >= 4 is 32.8 Å². The number of benzene rings is 2. The molecule has 0 atom stereocenters. The molecule has 0 spiro atoms. The van der Waals surface area contributed by atoms with Crippen LogP contribution in [0.5, 0.6) is 0 Å². The van der Waals surface area contributed by atoms with Crippen LogP contribution in [-0.4, -0.2) is 19.9 Å². The van der Waals surface area contributed by atoms with E-state index in [1.165, 1.54) is 0 Å². The zero-order chi connectivity index (χ0) is 17.4. The van der Waals surface area contributed by atoms with Crippen LogP contribution in [0.4, 0.5) is 5.95 Å². The molecule has 0 aliphatic heterocycles. The number of rotatable bonds is 2. The zero-order valence-corrected chi connectivity index (χ0v) is 14.5. The highest BCUT2D eigenvalue weighted by Crippen LogP contribution is 2.24. The first kappa shape index (κ1) is 15.5. The van der Waals surface area contributed by atoms with Gasteiger partial charge in [-0.05, 0) is 30.3 Å². The standard InChI is InChI=1S/C18H12BrN5O/c19-11-7-5-10(6-8-11)14-9-15(23-18(20)22-14)16-21-13-4-2-1-3-12(13)17(25)24-16/h1-9H,(H2,20,22,23)(H,21,24,25). The van der Waals surface area contributed by atoms with Crippen molar-refractivity contribution in [2.24, 2.45) is 0 Å². The van der Waals surface area contributed by atoms with Crippen LogP contribution in [0.3, 0.4) is 0 Å². The normalized spacial score (nSPS) is 10.9. The van der Waals surface area contributed by atoms with Gasteiger partial charge in [0.25, 0.3) is 5.56 Å². The number of nitrogen functional groups attached to an aromatic ring is 1. The SMILES string of the molecule is Nc1nc(-c2ccc(Br)cc2)cc(-c2nc3ccccc3c(=O)[nH]2)n1. The zero-order valence-electron chi connectivity index (χ0n) is 12.9. The smallest absolute Gasteiger partial charge is 0.259 e. The van der Waals surface area contributed by atoms with Crippen LogP contribution >= 0.6 is 15.9 Å². The molecule has 122 valence electrons. The Hall–Kier alpha value is -3.06. The summed E-state index contributed by atoms with van der Waals surface area (Å²) in [6.07, 6.45) is 0. The summed E-state index contributed by atoms with van der Waals surface area (Å²) in [5.74, 6) is 0.474. The van der Waals surface area contributed by atoms with Crippen molar-refractivity contribution in [3.8, 4) is 22.8 Å². The molecule has 6 nitrogen and oxygen atoms in total. The Morgan fingerprint density at radius 1 is 0.920 bits per heavy atom. The third kappa shape index (κ3) is 3.01. The van der Waals surface area contributed by atoms with Gasteiger partial charge in [0.2, 0.25) is 5.95 Å². The predicted molar refractivity (Wildman–Crippen MR) is 101 cm³/mol. The number of nitrogens with one attached hydrogen (secondary N) is 1. The van der Waals surface area contributed by atoms with Crippen molar-refractivity contribution in [3.05, 3.63) is 69.4 Å². The van der Waals surface area contributed by atoms with Gasteiger partial charge in [-0.25, -0.2) is 15.0 Å². The molecule has 3 N–H and O–H groups in total. The molecule has 2 heterocycles. The van der Waals surface area contributed by atoms with Crippen molar-refractivity contribution < 1.29 is 0 Å². The maximum atomic E-state index is 12.3. The Morgan fingerprint density at radius 3 is 2.44 bits per heavy atom. The van der Waals surface area contributed by atoms with E-state index in [2.05, 4.69) is 35.9 Å². The van der Waals surface area contributed by atoms with Gasteiger partial charge in [-0.3, -0.25) is 4.79 Å². The fourth-order valence-corrected chi connectivity index (χ4v) is 2.83. The van der Waals surface area contributed by atoms with Crippen LogP contribution in [0, 0.1) is 0 Å². The van der Waals surface area contributed by atoms with Gasteiger partial charge in [-0.1, -0.05) is 40.2 Å². The summed E-state index contributed by atoms with van der Waals surface area (Å²) >= 11 is 3.41. The van der Waals surface area contributed by atoms with E-state index in [1.807, 2.05) is 30.3 Å². The lowest BCUT2D eigenvalue weighted by Crippen LogP contribution is -2.10. The van der Waals surface area contributed by atoms with E-state index < -0.39 is 0 Å². The predicted octanol–water partition coefficient (Wildman–Crippen LogP) is 3.39. The number of nitrogens with two attached hydrogens (primary N) is 1. The molecule has 0 aliphatic rings. The number of hydrogen-bond acceptors (Lipinski definition) is 5. The molecule has 0 fully saturated rings. The van der Waals surface area contributed by atoms with E-state index in [0.717, 1.165) is 10.0 Å². The number of hydrogen-bond donors (Lipinski definition) is 2. The van der Waals surface area contributed by atoms with E-state index in [4.69, 9.17) is 5.73 Å². The Labute approximate surface area is 150 Å². The quantitative estimate of drug-likeness (QED) is 0.543. The van der Waals surface area contributed by atoms with Gasteiger partial charge in [0.15, 0.2) is 5.82 Å². The summed E-state index contributed by atoms with van der Waals surface area (Å²) in [5.41, 5.74) is 8.26. The monoisotopic (exact) mass is 393 g/mol. The second-order valence-corrected chi connectivity index (χ2v) is 6.35. The maximum Gasteiger partial charge on any atom is 0.259 e. The second kappa shape index (κ2) is 6.10. The van der Waals surface area contributed by atoms with Crippen LogP contribution in [0.2, 0.25) is 0 Å². The average molecular weight is 394 g/mol. The fraction of sp³-hybridized carbons (Fsp3) is 0. The lowest BCUT2D eigenvalue weighted by molar-refractivity contribution is 1.12. The van der Waals surface area contributed by atoms with Crippen molar-refractivity contribution in [3.63, 3.8) is 0 Å². The number of halogens is 1. The average Bonchev–Trinajstić information content (AvgIpc) is 2.62. The summed E-state index contributed by atoms with van der Waals surface area (Å²) in [7, 11) is 0. The van der Waals surface area contributed by atoms with Gasteiger partial charge in [-0.2, -0.15) is 0 Å². The second-order valence-electron chi connectivity index (χ2n) is 5.44. The highest BCUT2D eigenvalue weighted by atomic mass is 79.9. The highest BCUT2D eigenvalue weighted by molar-refractivity contribution is 9.10. The summed E-state index contributed by atoms with van der Waals surface area (Å²) in [6, 6.07) is 16.6. The van der Waals surface area contributed by atoms with Crippen molar-refractivity contribution in [2.45, 2.75) is 0 Å². The number of nitrogens with zero attached hydrogens (tertiary/aromatic N) is 3. The lowest BCUT2D eigenvalue weighted by Gasteiger charge is -2.07. The molecular formula is C18H12BrN5O. The molecule has 2 aromatic heterocycles. The molecule has 7 heteroatoms. The topological polar surface area (TPSA) is 97.5 Å². The summed E-state index contributed by atoms with van der Waals surface area (Å²) < 4.78 is 0.971. The molecule has 0 saturated heterocycles. The third-order valence-corrected chi connectivity index (χ3v) is 4.27. The van der Waals surface area contributed by atoms with Crippen LogP contribution in [0.1, 0.15) is 0 Å². The molecule has 0 aliphatic carbocycles. The lowest BCUT2D eigenvalue weighted by atomic mass is 10.1. The van der Waals surface area contributed by atoms with Gasteiger partial charge in [-0.15, -0.1) is 0 Å². The van der Waals surface area contributed by atoms with Crippen molar-refractivity contribution in [2.75, 3.05) is 5.73 Å². The van der Waals surface area contributed by atoms with Gasteiger partial charge in [0.1, 0.15) is 5.69 Å². The van der Waals surface area contributed by atoms with E-state index in [0.29, 0.717) is 28.1 Å². The number of anilines is 1. The summed E-state index contributed by atoms with van der Waals surface area (Å²) in [6.45, 7) is 0. The molecule has 25 heavy (non-hydrogen) atoms. The minimum absolute atomic E-state index is 0.117. The fourth-order valence-electron chi connectivity index (χ4n) is 2.56. The van der Waals surface area contributed by atoms with Gasteiger partial charge in [0.05, 0.1) is 16.6 Å². The van der Waals surface area contributed by atoms with Gasteiger partial charge >= 0.3 is 0 Å². The van der Waals surface area contributed by atoms with Crippen molar-refractivity contribution in [1.29, 1.82) is 0 Å². The molecule has 0 unspecified atom stereocenters. The first-order chi connectivity index (χ1) is 12.1. The Kier molecular flexibility index (Phi) is 3.77. The number of aromatic nitrogens is 4. The first-order valence-electron chi connectivity index (χ1n) is 7.50.